The van der Waals surface area contributed by atoms with Crippen LogP contribution in [0.4, 0.5) is 5.69 Å². The molecule has 0 fully saturated rings. The SMILES string of the molecule is Cc1cc(Cl)ccc1N(CC(=O)N(Cc1cccc(Br)c1)[C@@H](Cc1ccccc1)C(=O)NC(C)(C)C)S(=O)(=O)c1ccccc1. The van der Waals surface area contributed by atoms with E-state index in [4.69, 9.17) is 11.6 Å². The molecule has 1 atom stereocenters. The van der Waals surface area contributed by atoms with E-state index in [0.29, 0.717) is 16.3 Å². The number of carbonyl (C=O) groups is 2. The molecular formula is C35H37BrClN3O4S. The van der Waals surface area contributed by atoms with Gasteiger partial charge in [0.1, 0.15) is 12.6 Å². The maximum absolute atomic E-state index is 14.6. The summed E-state index contributed by atoms with van der Waals surface area (Å²) < 4.78 is 30.2. The fourth-order valence-corrected chi connectivity index (χ4v) is 7.14. The monoisotopic (exact) mass is 709 g/mol. The van der Waals surface area contributed by atoms with Gasteiger partial charge in [-0.3, -0.25) is 13.9 Å². The van der Waals surface area contributed by atoms with Gasteiger partial charge in [-0.15, -0.1) is 0 Å². The molecule has 0 saturated carbocycles. The Kier molecular flexibility index (Phi) is 11.1. The van der Waals surface area contributed by atoms with Crippen LogP contribution in [-0.2, 0) is 32.6 Å². The minimum absolute atomic E-state index is 0.0389. The molecule has 0 aliphatic rings. The lowest BCUT2D eigenvalue weighted by Gasteiger charge is -2.35. The van der Waals surface area contributed by atoms with Gasteiger partial charge in [-0.25, -0.2) is 8.42 Å². The van der Waals surface area contributed by atoms with Gasteiger partial charge in [-0.1, -0.05) is 88.2 Å². The lowest BCUT2D eigenvalue weighted by atomic mass is 10.0. The minimum Gasteiger partial charge on any atom is -0.350 e. The zero-order valence-corrected chi connectivity index (χ0v) is 28.9. The molecule has 0 unspecified atom stereocenters. The summed E-state index contributed by atoms with van der Waals surface area (Å²) >= 11 is 9.73. The van der Waals surface area contributed by atoms with Crippen molar-refractivity contribution in [2.24, 2.45) is 0 Å². The normalized spacial score (nSPS) is 12.3. The third-order valence-corrected chi connectivity index (χ3v) is 9.55. The van der Waals surface area contributed by atoms with Crippen molar-refractivity contribution in [2.75, 3.05) is 10.8 Å². The zero-order valence-electron chi connectivity index (χ0n) is 25.7. The Morgan fingerprint density at radius 3 is 2.09 bits per heavy atom. The summed E-state index contributed by atoms with van der Waals surface area (Å²) in [6.45, 7) is 6.91. The molecule has 7 nitrogen and oxygen atoms in total. The van der Waals surface area contributed by atoms with Gasteiger partial charge in [0, 0.05) is 28.0 Å². The van der Waals surface area contributed by atoms with Crippen LogP contribution in [-0.4, -0.2) is 43.3 Å². The summed E-state index contributed by atoms with van der Waals surface area (Å²) in [6, 6.07) is 28.8. The quantitative estimate of drug-likeness (QED) is 0.179. The van der Waals surface area contributed by atoms with Crippen molar-refractivity contribution in [1.29, 1.82) is 0 Å². The summed E-state index contributed by atoms with van der Waals surface area (Å²) in [6.07, 6.45) is 0.230. The van der Waals surface area contributed by atoms with Gasteiger partial charge in [0.25, 0.3) is 10.0 Å². The number of rotatable bonds is 11. The Morgan fingerprint density at radius 1 is 0.867 bits per heavy atom. The number of amides is 2. The predicted molar refractivity (Wildman–Crippen MR) is 184 cm³/mol. The number of benzene rings is 4. The number of sulfonamides is 1. The summed E-state index contributed by atoms with van der Waals surface area (Å²) in [5, 5.41) is 3.48. The first-order valence-electron chi connectivity index (χ1n) is 14.5. The molecule has 0 heterocycles. The van der Waals surface area contributed by atoms with E-state index in [1.54, 1.807) is 43.3 Å². The predicted octanol–water partition coefficient (Wildman–Crippen LogP) is 7.16. The van der Waals surface area contributed by atoms with Gasteiger partial charge >= 0.3 is 0 Å². The summed E-state index contributed by atoms with van der Waals surface area (Å²) in [5.74, 6) is -0.872. The number of halogens is 2. The number of hydrogen-bond acceptors (Lipinski definition) is 4. The third-order valence-electron chi connectivity index (χ3n) is 7.05. The standard InChI is InChI=1S/C35H37BrClN3O4S/c1-25-20-29(37)18-19-31(25)40(45(43,44)30-16-9-6-10-17-30)24-33(41)39(23-27-14-11-15-28(36)21-27)32(34(42)38-35(2,3)4)22-26-12-7-5-8-13-26/h5-21,32H,22-24H2,1-4H3,(H,38,42)/t32-/m0/s1. The Bertz CT molecular complexity index is 1750. The number of aryl methyl sites for hydroxylation is 1. The lowest BCUT2D eigenvalue weighted by Crippen LogP contribution is -2.56. The highest BCUT2D eigenvalue weighted by Crippen LogP contribution is 2.30. The van der Waals surface area contributed by atoms with Gasteiger partial charge < -0.3 is 10.2 Å². The average Bonchev–Trinajstić information content (AvgIpc) is 2.98. The van der Waals surface area contributed by atoms with Crippen LogP contribution in [0, 0.1) is 6.92 Å². The van der Waals surface area contributed by atoms with Crippen LogP contribution in [0.25, 0.3) is 0 Å². The lowest BCUT2D eigenvalue weighted by molar-refractivity contribution is -0.140. The average molecular weight is 711 g/mol. The van der Waals surface area contributed by atoms with Gasteiger partial charge in [0.15, 0.2) is 0 Å². The molecule has 0 aliphatic heterocycles. The van der Waals surface area contributed by atoms with E-state index in [0.717, 1.165) is 19.9 Å². The molecule has 0 radical (unpaired) electrons. The summed E-state index contributed by atoms with van der Waals surface area (Å²) in [7, 11) is -4.20. The van der Waals surface area contributed by atoms with Crippen LogP contribution in [0.3, 0.4) is 0 Å². The third kappa shape index (κ3) is 9.19. The highest BCUT2D eigenvalue weighted by molar-refractivity contribution is 9.10. The summed E-state index contributed by atoms with van der Waals surface area (Å²) in [4.78, 5) is 30.1. The van der Waals surface area contributed by atoms with Crippen molar-refractivity contribution in [1.82, 2.24) is 10.2 Å². The Balaban J connectivity index is 1.84. The smallest absolute Gasteiger partial charge is 0.264 e. The van der Waals surface area contributed by atoms with Gasteiger partial charge in [0.2, 0.25) is 11.8 Å². The number of nitrogens with zero attached hydrogens (tertiary/aromatic N) is 2. The van der Waals surface area contributed by atoms with Gasteiger partial charge in [-0.2, -0.15) is 0 Å². The fourth-order valence-electron chi connectivity index (χ4n) is 4.97. The van der Waals surface area contributed by atoms with Crippen molar-refractivity contribution < 1.29 is 18.0 Å². The van der Waals surface area contributed by atoms with E-state index >= 15 is 0 Å². The first-order valence-corrected chi connectivity index (χ1v) is 17.1. The highest BCUT2D eigenvalue weighted by Gasteiger charge is 2.36. The summed E-state index contributed by atoms with van der Waals surface area (Å²) in [5.41, 5.74) is 1.97. The number of carbonyl (C=O) groups excluding carboxylic acids is 2. The van der Waals surface area contributed by atoms with E-state index in [9.17, 15) is 18.0 Å². The molecule has 4 rings (SSSR count). The second-order valence-electron chi connectivity index (χ2n) is 11.9. The van der Waals surface area contributed by atoms with E-state index in [-0.39, 0.29) is 23.8 Å². The molecule has 4 aromatic carbocycles. The highest BCUT2D eigenvalue weighted by atomic mass is 79.9. The molecule has 236 valence electrons. The molecule has 2 amide bonds. The minimum atomic E-state index is -4.20. The van der Waals surface area contributed by atoms with Crippen molar-refractivity contribution in [3.63, 3.8) is 0 Å². The molecule has 1 N–H and O–H groups in total. The van der Waals surface area contributed by atoms with E-state index in [1.807, 2.05) is 75.4 Å². The van der Waals surface area contributed by atoms with Crippen LogP contribution in [0.2, 0.25) is 5.02 Å². The Hall–Kier alpha value is -3.66. The Morgan fingerprint density at radius 2 is 1.49 bits per heavy atom. The van der Waals surface area contributed by atoms with Crippen LogP contribution in [0.5, 0.6) is 0 Å². The van der Waals surface area contributed by atoms with Crippen LogP contribution in [0.15, 0.2) is 112 Å². The van der Waals surface area contributed by atoms with E-state index in [2.05, 4.69) is 21.2 Å². The largest absolute Gasteiger partial charge is 0.350 e. The van der Waals surface area contributed by atoms with Gasteiger partial charge in [0.05, 0.1) is 10.6 Å². The number of nitrogens with one attached hydrogen (secondary N) is 1. The first kappa shape index (κ1) is 34.2. The number of anilines is 1. The fraction of sp³-hybridized carbons (Fsp3) is 0.257. The van der Waals surface area contributed by atoms with E-state index < -0.39 is 34.1 Å². The van der Waals surface area contributed by atoms with Crippen molar-refractivity contribution in [3.05, 3.63) is 129 Å². The molecule has 0 saturated heterocycles. The molecule has 0 aliphatic carbocycles. The van der Waals surface area contributed by atoms with Crippen LogP contribution >= 0.6 is 27.5 Å². The van der Waals surface area contributed by atoms with Gasteiger partial charge in [-0.05, 0) is 86.8 Å². The molecule has 45 heavy (non-hydrogen) atoms. The second kappa shape index (κ2) is 14.6. The van der Waals surface area contributed by atoms with Crippen molar-refractivity contribution in [2.45, 2.75) is 57.1 Å². The second-order valence-corrected chi connectivity index (χ2v) is 15.1. The van der Waals surface area contributed by atoms with Crippen LogP contribution in [0.1, 0.15) is 37.5 Å². The first-order chi connectivity index (χ1) is 21.2. The Labute approximate surface area is 279 Å². The van der Waals surface area contributed by atoms with Crippen molar-refractivity contribution in [3.8, 4) is 0 Å². The molecular weight excluding hydrogens is 674 g/mol. The molecule has 0 aromatic heterocycles. The maximum Gasteiger partial charge on any atom is 0.264 e. The molecule has 4 aromatic rings. The van der Waals surface area contributed by atoms with E-state index in [1.165, 1.54) is 17.0 Å². The number of hydrogen-bond donors (Lipinski definition) is 1. The maximum atomic E-state index is 14.6. The van der Waals surface area contributed by atoms with Crippen LogP contribution < -0.4 is 9.62 Å². The molecule has 0 bridgehead atoms. The zero-order chi connectivity index (χ0) is 32.8. The molecule has 0 spiro atoms. The van der Waals surface area contributed by atoms with Crippen molar-refractivity contribution >= 4 is 55.1 Å². The molecule has 10 heteroatoms. The topological polar surface area (TPSA) is 86.8 Å².